The molecule has 0 spiro atoms. The van der Waals surface area contributed by atoms with Crippen LogP contribution < -0.4 is 5.32 Å². The Morgan fingerprint density at radius 2 is 2.12 bits per heavy atom. The highest BCUT2D eigenvalue weighted by Crippen LogP contribution is 2.15. The van der Waals surface area contributed by atoms with Crippen molar-refractivity contribution in [2.75, 3.05) is 11.9 Å². The highest BCUT2D eigenvalue weighted by Gasteiger charge is 2.11. The monoisotopic (exact) mass is 233 g/mol. The Hall–Kier alpha value is -1.78. The number of nitrogens with zero attached hydrogens (tertiary/aromatic N) is 4. The normalized spacial score (nSPS) is 10.8. The van der Waals surface area contributed by atoms with Gasteiger partial charge in [-0.2, -0.15) is 5.10 Å². The molecule has 0 unspecified atom stereocenters. The van der Waals surface area contributed by atoms with E-state index in [0.717, 1.165) is 24.7 Å². The van der Waals surface area contributed by atoms with Crippen molar-refractivity contribution in [1.29, 1.82) is 0 Å². The zero-order valence-electron chi connectivity index (χ0n) is 10.9. The van der Waals surface area contributed by atoms with Crippen molar-refractivity contribution in [2.24, 2.45) is 7.05 Å². The van der Waals surface area contributed by atoms with Gasteiger partial charge in [0.25, 0.3) is 0 Å². The molecule has 0 aliphatic heterocycles. The van der Waals surface area contributed by atoms with Crippen LogP contribution in [-0.4, -0.2) is 25.9 Å². The molecule has 17 heavy (non-hydrogen) atoms. The number of hydrogen-bond donors (Lipinski definition) is 1. The van der Waals surface area contributed by atoms with E-state index in [2.05, 4.69) is 33.8 Å². The van der Waals surface area contributed by atoms with Gasteiger partial charge in [0.15, 0.2) is 0 Å². The fraction of sp³-hybridized carbons (Fsp3) is 0.500. The third-order valence-corrected chi connectivity index (χ3v) is 3.04. The van der Waals surface area contributed by atoms with Crippen molar-refractivity contribution in [3.8, 4) is 0 Å². The Bertz CT molecular complexity index is 509. The molecule has 0 atom stereocenters. The van der Waals surface area contributed by atoms with E-state index < -0.39 is 0 Å². The molecular weight excluding hydrogens is 214 g/mol. The molecule has 0 aromatic carbocycles. The standard InChI is InChI=1S/C12H19N5/c1-5-13-12-14-6-7-17(12)8-11-9(2)15-16(4)10(11)3/h6-7H,5,8H2,1-4H3,(H,13,14). The van der Waals surface area contributed by atoms with Crippen molar-refractivity contribution in [2.45, 2.75) is 27.3 Å². The summed E-state index contributed by atoms with van der Waals surface area (Å²) in [6.07, 6.45) is 3.81. The molecule has 0 saturated heterocycles. The smallest absolute Gasteiger partial charge is 0.203 e. The van der Waals surface area contributed by atoms with Crippen LogP contribution in [0.3, 0.4) is 0 Å². The largest absolute Gasteiger partial charge is 0.356 e. The van der Waals surface area contributed by atoms with Gasteiger partial charge in [-0.15, -0.1) is 0 Å². The van der Waals surface area contributed by atoms with Crippen LogP contribution >= 0.6 is 0 Å². The molecule has 0 fully saturated rings. The van der Waals surface area contributed by atoms with E-state index in [-0.39, 0.29) is 0 Å². The highest BCUT2D eigenvalue weighted by molar-refractivity contribution is 5.30. The molecule has 0 bridgehead atoms. The lowest BCUT2D eigenvalue weighted by Crippen LogP contribution is -2.08. The maximum absolute atomic E-state index is 4.43. The quantitative estimate of drug-likeness (QED) is 0.874. The van der Waals surface area contributed by atoms with E-state index in [9.17, 15) is 0 Å². The molecule has 5 heteroatoms. The SMILES string of the molecule is CCNc1nccn1Cc1c(C)nn(C)c1C. The third kappa shape index (κ3) is 2.18. The summed E-state index contributed by atoms with van der Waals surface area (Å²) in [5.41, 5.74) is 3.56. The first-order valence-corrected chi connectivity index (χ1v) is 5.87. The van der Waals surface area contributed by atoms with Gasteiger partial charge in [-0.05, 0) is 20.8 Å². The zero-order chi connectivity index (χ0) is 12.4. The van der Waals surface area contributed by atoms with E-state index in [1.54, 1.807) is 0 Å². The topological polar surface area (TPSA) is 47.7 Å². The van der Waals surface area contributed by atoms with Crippen LogP contribution in [-0.2, 0) is 13.6 Å². The van der Waals surface area contributed by atoms with Gasteiger partial charge in [0.1, 0.15) is 0 Å². The minimum absolute atomic E-state index is 0.813. The molecule has 2 aromatic rings. The van der Waals surface area contributed by atoms with Crippen molar-refractivity contribution in [1.82, 2.24) is 19.3 Å². The summed E-state index contributed by atoms with van der Waals surface area (Å²) in [4.78, 5) is 4.29. The number of anilines is 1. The molecule has 2 aromatic heterocycles. The van der Waals surface area contributed by atoms with Crippen molar-refractivity contribution >= 4 is 5.95 Å². The molecule has 0 radical (unpaired) electrons. The Balaban J connectivity index is 2.28. The molecule has 0 amide bonds. The Morgan fingerprint density at radius 3 is 2.71 bits per heavy atom. The third-order valence-electron chi connectivity index (χ3n) is 3.04. The molecule has 0 aliphatic carbocycles. The number of nitrogens with one attached hydrogen (secondary N) is 1. The number of aryl methyl sites for hydroxylation is 2. The maximum Gasteiger partial charge on any atom is 0.203 e. The van der Waals surface area contributed by atoms with E-state index in [1.165, 1.54) is 11.3 Å². The number of rotatable bonds is 4. The predicted molar refractivity (Wildman–Crippen MR) is 68.2 cm³/mol. The molecule has 2 rings (SSSR count). The van der Waals surface area contributed by atoms with Crippen LogP contribution in [0, 0.1) is 13.8 Å². The zero-order valence-corrected chi connectivity index (χ0v) is 10.9. The van der Waals surface area contributed by atoms with Gasteiger partial charge >= 0.3 is 0 Å². The van der Waals surface area contributed by atoms with Crippen molar-refractivity contribution in [3.63, 3.8) is 0 Å². The fourth-order valence-corrected chi connectivity index (χ4v) is 1.98. The van der Waals surface area contributed by atoms with Crippen LogP contribution in [0.15, 0.2) is 12.4 Å². The van der Waals surface area contributed by atoms with Crippen LogP contribution in [0.1, 0.15) is 23.9 Å². The average molecular weight is 233 g/mol. The Labute approximate surface area is 101 Å². The van der Waals surface area contributed by atoms with Gasteiger partial charge < -0.3 is 9.88 Å². The summed E-state index contributed by atoms with van der Waals surface area (Å²) in [6, 6.07) is 0. The molecule has 0 aliphatic rings. The number of imidazole rings is 1. The fourth-order valence-electron chi connectivity index (χ4n) is 1.98. The van der Waals surface area contributed by atoms with Gasteiger partial charge in [0, 0.05) is 37.2 Å². The predicted octanol–water partition coefficient (Wildman–Crippen LogP) is 1.71. The number of aromatic nitrogens is 4. The molecule has 2 heterocycles. The van der Waals surface area contributed by atoms with Crippen molar-refractivity contribution < 1.29 is 0 Å². The first-order valence-electron chi connectivity index (χ1n) is 5.87. The molecule has 1 N–H and O–H groups in total. The summed E-state index contributed by atoms with van der Waals surface area (Å²) in [7, 11) is 1.98. The molecular formula is C12H19N5. The van der Waals surface area contributed by atoms with Crippen LogP contribution in [0.25, 0.3) is 0 Å². The summed E-state index contributed by atoms with van der Waals surface area (Å²) in [5.74, 6) is 0.912. The summed E-state index contributed by atoms with van der Waals surface area (Å²) in [5, 5.41) is 7.68. The Morgan fingerprint density at radius 1 is 1.35 bits per heavy atom. The first-order chi connectivity index (χ1) is 8.13. The summed E-state index contributed by atoms with van der Waals surface area (Å²) < 4.78 is 4.04. The van der Waals surface area contributed by atoms with Gasteiger partial charge in [-0.25, -0.2) is 4.98 Å². The lowest BCUT2D eigenvalue weighted by molar-refractivity contribution is 0.727. The second-order valence-corrected chi connectivity index (χ2v) is 4.18. The van der Waals surface area contributed by atoms with E-state index in [4.69, 9.17) is 0 Å². The lowest BCUT2D eigenvalue weighted by atomic mass is 10.2. The molecule has 5 nitrogen and oxygen atoms in total. The van der Waals surface area contributed by atoms with Gasteiger partial charge in [-0.3, -0.25) is 4.68 Å². The lowest BCUT2D eigenvalue weighted by Gasteiger charge is -2.08. The van der Waals surface area contributed by atoms with Crippen LogP contribution in [0.5, 0.6) is 0 Å². The maximum atomic E-state index is 4.43. The Kier molecular flexibility index (Phi) is 3.17. The average Bonchev–Trinajstić information content (AvgIpc) is 2.81. The van der Waals surface area contributed by atoms with Gasteiger partial charge in [0.05, 0.1) is 12.2 Å². The van der Waals surface area contributed by atoms with E-state index in [0.29, 0.717) is 0 Å². The number of hydrogen-bond acceptors (Lipinski definition) is 3. The summed E-state index contributed by atoms with van der Waals surface area (Å²) >= 11 is 0. The summed E-state index contributed by atoms with van der Waals surface area (Å²) in [6.45, 7) is 7.90. The minimum Gasteiger partial charge on any atom is -0.356 e. The van der Waals surface area contributed by atoms with Crippen molar-refractivity contribution in [3.05, 3.63) is 29.3 Å². The van der Waals surface area contributed by atoms with Gasteiger partial charge in [-0.1, -0.05) is 0 Å². The highest BCUT2D eigenvalue weighted by atomic mass is 15.3. The van der Waals surface area contributed by atoms with Crippen LogP contribution in [0.2, 0.25) is 0 Å². The molecule has 92 valence electrons. The van der Waals surface area contributed by atoms with Gasteiger partial charge in [0.2, 0.25) is 5.95 Å². The minimum atomic E-state index is 0.813. The second-order valence-electron chi connectivity index (χ2n) is 4.18. The molecule has 0 saturated carbocycles. The van der Waals surface area contributed by atoms with Crippen LogP contribution in [0.4, 0.5) is 5.95 Å². The van der Waals surface area contributed by atoms with E-state index in [1.807, 2.05) is 31.0 Å². The second kappa shape index (κ2) is 4.61. The van der Waals surface area contributed by atoms with E-state index >= 15 is 0 Å². The first kappa shape index (κ1) is 11.7.